The number of hydroxylamine groups is 1. The van der Waals surface area contributed by atoms with E-state index in [-0.39, 0.29) is 5.92 Å². The molecule has 31 heavy (non-hydrogen) atoms. The summed E-state index contributed by atoms with van der Waals surface area (Å²) in [4.78, 5) is 13.2. The second kappa shape index (κ2) is 8.15. The van der Waals surface area contributed by atoms with Gasteiger partial charge in [-0.1, -0.05) is 36.6 Å². The average Bonchev–Trinajstić information content (AvgIpc) is 3.12. The molecular formula is C24H27N3O4. The van der Waals surface area contributed by atoms with Crippen LogP contribution >= 0.6 is 0 Å². The molecule has 0 spiro atoms. The number of cyclic esters (lactones) is 1. The van der Waals surface area contributed by atoms with Gasteiger partial charge in [0.1, 0.15) is 0 Å². The Bertz CT molecular complexity index is 1030. The van der Waals surface area contributed by atoms with E-state index in [2.05, 4.69) is 6.58 Å². The van der Waals surface area contributed by atoms with Gasteiger partial charge in [0.25, 0.3) is 0 Å². The summed E-state index contributed by atoms with van der Waals surface area (Å²) in [5.74, 6) is -0.497. The Morgan fingerprint density at radius 2 is 1.97 bits per heavy atom. The molecule has 0 saturated carbocycles. The third-order valence-corrected chi connectivity index (χ3v) is 6.68. The average molecular weight is 421 g/mol. The lowest BCUT2D eigenvalue weighted by Crippen LogP contribution is -2.45. The van der Waals surface area contributed by atoms with Crippen LogP contribution < -0.4 is 5.73 Å². The molecule has 0 amide bonds. The van der Waals surface area contributed by atoms with Gasteiger partial charge in [-0.2, -0.15) is 0 Å². The van der Waals surface area contributed by atoms with E-state index >= 15 is 0 Å². The number of nitrogen functional groups attached to an aromatic ring is 1. The standard InChI is InChI=1S/C24H27N3O4/c1-3-15-13-18(24(4-2,27(26)29)17-9-11-30-12-10-17)14-20-21(15)22(31-23(20)28)16-5-7-19(25)8-6-16/h3,5-8,13-14,17,22,26H,1,4,9-12,25H2,2H3. The molecule has 4 rings (SSSR count). The molecule has 2 aliphatic heterocycles. The van der Waals surface area contributed by atoms with Crippen molar-refractivity contribution in [2.45, 2.75) is 37.8 Å². The van der Waals surface area contributed by atoms with Crippen molar-refractivity contribution in [3.63, 3.8) is 0 Å². The van der Waals surface area contributed by atoms with Crippen LogP contribution in [0.3, 0.4) is 0 Å². The third kappa shape index (κ3) is 3.39. The van der Waals surface area contributed by atoms with Crippen molar-refractivity contribution in [2.24, 2.45) is 5.92 Å². The van der Waals surface area contributed by atoms with Crippen molar-refractivity contribution in [2.75, 3.05) is 18.9 Å². The molecule has 2 atom stereocenters. The van der Waals surface area contributed by atoms with Crippen LogP contribution in [0, 0.1) is 16.7 Å². The minimum atomic E-state index is -1.07. The van der Waals surface area contributed by atoms with Gasteiger partial charge in [0.2, 0.25) is 5.54 Å². The predicted octanol–water partition coefficient (Wildman–Crippen LogP) is 4.74. The fraction of sp³-hybridized carbons (Fsp3) is 0.375. The van der Waals surface area contributed by atoms with Gasteiger partial charge in [-0.25, -0.2) is 4.79 Å². The van der Waals surface area contributed by atoms with Crippen molar-refractivity contribution in [3.05, 3.63) is 76.0 Å². The number of nitrogens with zero attached hydrogens (tertiary/aromatic N) is 1. The highest BCUT2D eigenvalue weighted by Crippen LogP contribution is 2.46. The molecule has 2 aromatic rings. The first-order chi connectivity index (χ1) is 14.9. The van der Waals surface area contributed by atoms with Crippen LogP contribution in [-0.4, -0.2) is 24.0 Å². The first-order valence-electron chi connectivity index (χ1n) is 10.6. The highest BCUT2D eigenvalue weighted by Gasteiger charge is 2.50. The first-order valence-corrected chi connectivity index (χ1v) is 10.6. The van der Waals surface area contributed by atoms with Gasteiger partial charge in [-0.05, 0) is 53.8 Å². The highest BCUT2D eigenvalue weighted by atomic mass is 16.5. The Balaban J connectivity index is 1.87. The summed E-state index contributed by atoms with van der Waals surface area (Å²) in [7, 11) is 0. The van der Waals surface area contributed by atoms with Gasteiger partial charge in [0.05, 0.1) is 5.56 Å². The van der Waals surface area contributed by atoms with Gasteiger partial charge in [-0.3, -0.25) is 0 Å². The van der Waals surface area contributed by atoms with Crippen LogP contribution in [0.15, 0.2) is 43.0 Å². The van der Waals surface area contributed by atoms with Gasteiger partial charge < -0.3 is 20.4 Å². The van der Waals surface area contributed by atoms with Gasteiger partial charge in [0.15, 0.2) is 6.10 Å². The van der Waals surface area contributed by atoms with E-state index in [4.69, 9.17) is 20.7 Å². The van der Waals surface area contributed by atoms with E-state index in [0.29, 0.717) is 54.2 Å². The summed E-state index contributed by atoms with van der Waals surface area (Å²) in [5, 5.41) is 12.7. The summed E-state index contributed by atoms with van der Waals surface area (Å²) in [6.07, 6.45) is 2.92. The lowest BCUT2D eigenvalue weighted by molar-refractivity contribution is -0.652. The van der Waals surface area contributed by atoms with E-state index in [1.165, 1.54) is 0 Å². The van der Waals surface area contributed by atoms with Crippen molar-refractivity contribution in [1.82, 2.24) is 0 Å². The Morgan fingerprint density at radius 3 is 2.55 bits per heavy atom. The Kier molecular flexibility index (Phi) is 5.54. The Morgan fingerprint density at radius 1 is 1.29 bits per heavy atom. The van der Waals surface area contributed by atoms with E-state index in [0.717, 1.165) is 16.7 Å². The van der Waals surface area contributed by atoms with Crippen LogP contribution in [0.1, 0.15) is 64.9 Å². The van der Waals surface area contributed by atoms with Crippen LogP contribution in [0.5, 0.6) is 0 Å². The molecule has 3 N–H and O–H groups in total. The summed E-state index contributed by atoms with van der Waals surface area (Å²) in [6, 6.07) is 10.8. The number of nitrogens with one attached hydrogen (secondary N) is 1. The summed E-state index contributed by atoms with van der Waals surface area (Å²) in [6.45, 7) is 6.96. The van der Waals surface area contributed by atoms with E-state index in [9.17, 15) is 10.0 Å². The number of carbonyl (C=O) groups is 1. The van der Waals surface area contributed by atoms with Crippen LogP contribution in [0.4, 0.5) is 5.69 Å². The quantitative estimate of drug-likeness (QED) is 0.230. The van der Waals surface area contributed by atoms with E-state index in [1.807, 2.05) is 25.1 Å². The number of anilines is 1. The number of esters is 1. The van der Waals surface area contributed by atoms with E-state index in [1.54, 1.807) is 24.3 Å². The smallest absolute Gasteiger partial charge is 0.339 e. The second-order valence-electron chi connectivity index (χ2n) is 8.14. The number of hydrogen-bond donors (Lipinski definition) is 2. The highest BCUT2D eigenvalue weighted by molar-refractivity contribution is 5.96. The monoisotopic (exact) mass is 421 g/mol. The minimum absolute atomic E-state index is 0.0534. The molecule has 7 nitrogen and oxygen atoms in total. The fourth-order valence-corrected chi connectivity index (χ4v) is 5.02. The molecule has 2 heterocycles. The van der Waals surface area contributed by atoms with Gasteiger partial charge in [-0.15, -0.1) is 0 Å². The third-order valence-electron chi connectivity index (χ3n) is 6.68. The topological polar surface area (TPSA) is 111 Å². The summed E-state index contributed by atoms with van der Waals surface area (Å²) in [5.41, 5.74) is 16.8. The zero-order valence-electron chi connectivity index (χ0n) is 17.6. The zero-order valence-corrected chi connectivity index (χ0v) is 17.6. The van der Waals surface area contributed by atoms with E-state index < -0.39 is 17.6 Å². The van der Waals surface area contributed by atoms with Gasteiger partial charge >= 0.3 is 5.97 Å². The molecule has 0 aromatic heterocycles. The van der Waals surface area contributed by atoms with Crippen LogP contribution in [-0.2, 0) is 15.0 Å². The summed E-state index contributed by atoms with van der Waals surface area (Å²) < 4.78 is 11.2. The summed E-state index contributed by atoms with van der Waals surface area (Å²) >= 11 is 0. The number of carbonyl (C=O) groups excluding carboxylic acids is 1. The maximum absolute atomic E-state index is 12.9. The number of nitrogens with two attached hydrogens (primary N) is 1. The molecule has 2 aliphatic rings. The van der Waals surface area contributed by atoms with Gasteiger partial charge in [0, 0.05) is 42.4 Å². The van der Waals surface area contributed by atoms with Crippen LogP contribution in [0.25, 0.3) is 6.08 Å². The van der Waals surface area contributed by atoms with Crippen molar-refractivity contribution in [3.8, 4) is 0 Å². The Hall–Kier alpha value is -3.19. The number of rotatable bonds is 6. The minimum Gasteiger partial charge on any atom is -0.599 e. The van der Waals surface area contributed by atoms with Crippen molar-refractivity contribution >= 4 is 17.7 Å². The molecule has 2 unspecified atom stereocenters. The molecule has 0 bridgehead atoms. The molecule has 7 heteroatoms. The molecule has 0 radical (unpaired) electrons. The largest absolute Gasteiger partial charge is 0.599 e. The first kappa shape index (κ1) is 21.1. The van der Waals surface area contributed by atoms with Crippen LogP contribution in [0.2, 0.25) is 0 Å². The molecular weight excluding hydrogens is 394 g/mol. The SMILES string of the molecule is C=Cc1cc(C(CC)(C2CCOCC2)[N+](=N)[O-])cc2c1C(c1ccc(N)cc1)OC2=O. The fourth-order valence-electron chi connectivity index (χ4n) is 5.02. The van der Waals surface area contributed by atoms with Crippen molar-refractivity contribution < 1.29 is 19.1 Å². The lowest BCUT2D eigenvalue weighted by Gasteiger charge is -2.38. The Labute approximate surface area is 181 Å². The molecule has 0 aliphatic carbocycles. The molecule has 1 fully saturated rings. The molecule has 2 aromatic carbocycles. The van der Waals surface area contributed by atoms with Crippen molar-refractivity contribution in [1.29, 1.82) is 5.53 Å². The lowest BCUT2D eigenvalue weighted by atomic mass is 9.71. The maximum Gasteiger partial charge on any atom is 0.339 e. The zero-order chi connectivity index (χ0) is 22.2. The predicted molar refractivity (Wildman–Crippen MR) is 117 cm³/mol. The molecule has 1 saturated heterocycles. The number of benzene rings is 2. The molecule has 162 valence electrons. The second-order valence-corrected chi connectivity index (χ2v) is 8.14. The number of fused-ring (bicyclic) bond motifs is 1. The number of hydrogen-bond acceptors (Lipinski definition) is 6. The number of ether oxygens (including phenoxy) is 2. The normalized spacial score (nSPS) is 20.5. The maximum atomic E-state index is 12.9.